The Morgan fingerprint density at radius 2 is 0.881 bits per heavy atom. The highest BCUT2D eigenvalue weighted by atomic mass is 35.5. The van der Waals surface area contributed by atoms with Crippen molar-refractivity contribution in [2.75, 3.05) is 85.0 Å². The summed E-state index contributed by atoms with van der Waals surface area (Å²) >= 11 is 23.3. The molecule has 101 heavy (non-hydrogen) atoms. The maximum Gasteiger partial charge on any atom is 0.274 e. The number of amides is 6. The number of rotatable bonds is 19. The Morgan fingerprint density at radius 1 is 0.525 bits per heavy atom. The van der Waals surface area contributed by atoms with Gasteiger partial charge in [-0.05, 0) is 84.0 Å². The summed E-state index contributed by atoms with van der Waals surface area (Å²) in [5, 5.41) is 32.4. The quantitative estimate of drug-likeness (QED) is 0.0330. The third kappa shape index (κ3) is 13.0. The first kappa shape index (κ1) is 72.4. The van der Waals surface area contributed by atoms with E-state index in [2.05, 4.69) is 31.1 Å². The minimum atomic E-state index is -0.929. The smallest absolute Gasteiger partial charge is 0.274 e. The van der Waals surface area contributed by atoms with Gasteiger partial charge in [-0.3, -0.25) is 53.0 Å². The lowest BCUT2D eigenvalue weighted by atomic mass is 9.99. The standard InChI is InChI=1S/C24H26ClFN4O4.C23H25Cl2FN4O4.C23H24ClFN4O4/c1-3-28-12-14-10-16(29-8-5-9-29)19-17(21(31)22(34-2)20(24(28)33)30(14)19)23(32)27-11-13-6-4-7-15(25)18(13)26;1-2-29-11-13-9-15(27-8-4-7-24)18-16(20(31)21(32)19(23(29)34)30(13)18)22(33)28-10-12-5-3-6-14(25)17(12)26;1-2-27-11-13-9-15(28-7-4-8-28)18-16(20(30)21(31)19(23(27)33)29(13)18)22(32)26-10-12-5-3-6-14(24)17(12)25/h4,6-7,14,16H,3,5,8-12H2,1-2H3,(H,27,32);3,5-6,13,15,27,32H,2,4,7-11H2,1H3,(H,28,33);3,5-6,13,15,31H,2,4,7-11H2,1H3,(H,26,32)/t14-,16+;2*13-,15+/m000/s1. The zero-order valence-electron chi connectivity index (χ0n) is 55.7. The third-order valence-corrected chi connectivity index (χ3v) is 21.5. The lowest BCUT2D eigenvalue weighted by Gasteiger charge is -2.37. The van der Waals surface area contributed by atoms with Crippen LogP contribution in [0.5, 0.6) is 17.2 Å². The molecule has 3 aromatic carbocycles. The van der Waals surface area contributed by atoms with Gasteiger partial charge in [-0.2, -0.15) is 0 Å². The molecule has 11 heterocycles. The number of aromatic nitrogens is 3. The molecule has 3 aromatic heterocycles. The summed E-state index contributed by atoms with van der Waals surface area (Å²) in [6.45, 7) is 11.8. The highest BCUT2D eigenvalue weighted by Crippen LogP contribution is 2.49. The van der Waals surface area contributed by atoms with Crippen LogP contribution in [0.15, 0.2) is 69.0 Å². The molecule has 2 fully saturated rings. The second-order valence-corrected chi connectivity index (χ2v) is 27.5. The highest BCUT2D eigenvalue weighted by Gasteiger charge is 2.50. The largest absolute Gasteiger partial charge is 0.503 e. The van der Waals surface area contributed by atoms with Gasteiger partial charge in [0.15, 0.2) is 34.3 Å². The summed E-state index contributed by atoms with van der Waals surface area (Å²) in [7, 11) is 1.33. The number of alkyl halides is 1. The van der Waals surface area contributed by atoms with Crippen LogP contribution in [-0.4, -0.2) is 169 Å². The van der Waals surface area contributed by atoms with E-state index >= 15 is 0 Å². The molecule has 6 atom stereocenters. The highest BCUT2D eigenvalue weighted by molar-refractivity contribution is 6.31. The molecule has 31 heteroatoms. The first-order valence-electron chi connectivity index (χ1n) is 33.7. The number of hydrogen-bond acceptors (Lipinski definition) is 15. The summed E-state index contributed by atoms with van der Waals surface area (Å²) in [5.74, 6) is -6.30. The van der Waals surface area contributed by atoms with Gasteiger partial charge < -0.3 is 64.6 Å². The summed E-state index contributed by atoms with van der Waals surface area (Å²) in [5.41, 5.74) is -0.925. The predicted molar refractivity (Wildman–Crippen MR) is 369 cm³/mol. The number of carbonyl (C=O) groups excluding carboxylic acids is 6. The van der Waals surface area contributed by atoms with Gasteiger partial charge in [0.1, 0.15) is 34.1 Å². The first-order chi connectivity index (χ1) is 48.5. The number of hydrogen-bond donors (Lipinski definition) is 6. The van der Waals surface area contributed by atoms with Gasteiger partial charge in [0.2, 0.25) is 16.3 Å². The van der Waals surface area contributed by atoms with E-state index in [1.807, 2.05) is 25.3 Å². The Hall–Kier alpha value is -8.44. The van der Waals surface area contributed by atoms with Gasteiger partial charge in [-0.1, -0.05) is 71.2 Å². The Balaban J connectivity index is 0.000000143. The summed E-state index contributed by atoms with van der Waals surface area (Å²) in [4.78, 5) is 128. The Kier molecular flexibility index (Phi) is 21.4. The molecule has 0 radical (unpaired) electrons. The minimum absolute atomic E-state index is 0.0412. The van der Waals surface area contributed by atoms with Crippen molar-refractivity contribution in [2.45, 2.75) is 115 Å². The molecule has 6 amide bonds. The average Bonchev–Trinajstić information content (AvgIpc) is 1.61. The van der Waals surface area contributed by atoms with Gasteiger partial charge in [-0.25, -0.2) is 13.2 Å². The Bertz CT molecular complexity index is 4570. The summed E-state index contributed by atoms with van der Waals surface area (Å²) in [6.07, 6.45) is 4.62. The fourth-order valence-electron chi connectivity index (χ4n) is 15.2. The molecule has 2 saturated heterocycles. The number of aromatic hydroxyl groups is 2. The monoisotopic (exact) mass is 1470 g/mol. The van der Waals surface area contributed by atoms with Crippen LogP contribution in [-0.2, 0) is 19.6 Å². The van der Waals surface area contributed by atoms with Crippen molar-refractivity contribution in [3.8, 4) is 17.2 Å². The third-order valence-electron chi connectivity index (χ3n) is 20.4. The molecule has 8 aliphatic heterocycles. The molecule has 0 bridgehead atoms. The predicted octanol–water partition coefficient (Wildman–Crippen LogP) is 8.15. The van der Waals surface area contributed by atoms with Crippen LogP contribution in [0.2, 0.25) is 15.1 Å². The van der Waals surface area contributed by atoms with Crippen molar-refractivity contribution in [1.82, 2.24) is 59.5 Å². The van der Waals surface area contributed by atoms with Crippen molar-refractivity contribution in [3.63, 3.8) is 0 Å². The molecule has 14 rings (SSSR count). The molecule has 6 N–H and O–H groups in total. The van der Waals surface area contributed by atoms with Gasteiger partial charge in [0.05, 0.1) is 75.5 Å². The van der Waals surface area contributed by atoms with E-state index < -0.39 is 80.8 Å². The summed E-state index contributed by atoms with van der Waals surface area (Å²) in [6, 6.07) is 12.3. The fraction of sp³-hybridized carbons (Fsp3) is 0.443. The molecule has 0 unspecified atom stereocenters. The van der Waals surface area contributed by atoms with Crippen LogP contribution in [0.25, 0.3) is 0 Å². The molecule has 0 aliphatic carbocycles. The molecule has 0 spiro atoms. The molecular formula is C70H75Cl4F3N12O12. The van der Waals surface area contributed by atoms with Crippen LogP contribution < -0.4 is 42.3 Å². The van der Waals surface area contributed by atoms with E-state index in [0.717, 1.165) is 39.0 Å². The zero-order chi connectivity index (χ0) is 72.2. The number of pyridine rings is 3. The number of likely N-dealkylation sites (N-methyl/N-ethyl adjacent to an activating group) is 3. The van der Waals surface area contributed by atoms with Crippen LogP contribution in [0.3, 0.4) is 0 Å². The number of benzene rings is 3. The van der Waals surface area contributed by atoms with E-state index in [1.54, 1.807) is 42.0 Å². The molecule has 24 nitrogen and oxygen atoms in total. The van der Waals surface area contributed by atoms with Crippen LogP contribution in [0.4, 0.5) is 13.2 Å². The van der Waals surface area contributed by atoms with E-state index in [4.69, 9.17) is 51.1 Å². The number of ether oxygens (including phenoxy) is 1. The van der Waals surface area contributed by atoms with Crippen LogP contribution in [0, 0.1) is 17.5 Å². The van der Waals surface area contributed by atoms with Crippen molar-refractivity contribution >= 4 is 81.8 Å². The maximum atomic E-state index is 14.3. The van der Waals surface area contributed by atoms with Crippen molar-refractivity contribution < 1.29 is 56.9 Å². The fourth-order valence-corrected chi connectivity index (χ4v) is 15.9. The summed E-state index contributed by atoms with van der Waals surface area (Å²) < 4.78 is 53.5. The molecule has 536 valence electrons. The van der Waals surface area contributed by atoms with E-state index in [0.29, 0.717) is 94.5 Å². The van der Waals surface area contributed by atoms with E-state index in [1.165, 1.54) is 43.5 Å². The number of nitrogens with zero attached hydrogens (tertiary/aromatic N) is 8. The van der Waals surface area contributed by atoms with Gasteiger partial charge in [0, 0.05) is 108 Å². The number of nitrogens with one attached hydrogen (secondary N) is 4. The minimum Gasteiger partial charge on any atom is -0.503 e. The van der Waals surface area contributed by atoms with E-state index in [9.17, 15) is 66.5 Å². The molecule has 0 saturated carbocycles. The average molecular weight is 1480 g/mol. The van der Waals surface area contributed by atoms with E-state index in [-0.39, 0.29) is 127 Å². The number of halogens is 7. The number of likely N-dealkylation sites (tertiary alicyclic amines) is 2. The maximum absolute atomic E-state index is 14.3. The Labute approximate surface area is 597 Å². The lowest BCUT2D eigenvalue weighted by Crippen LogP contribution is -2.45. The van der Waals surface area contributed by atoms with Crippen molar-refractivity contribution in [3.05, 3.63) is 185 Å². The van der Waals surface area contributed by atoms with Crippen molar-refractivity contribution in [1.29, 1.82) is 0 Å². The zero-order valence-corrected chi connectivity index (χ0v) is 58.7. The molecule has 8 aliphatic rings. The second kappa shape index (κ2) is 29.9. The topological polar surface area (TPSA) is 282 Å². The second-order valence-electron chi connectivity index (χ2n) is 25.9. The first-order valence-corrected chi connectivity index (χ1v) is 35.3. The Morgan fingerprint density at radius 3 is 1.25 bits per heavy atom. The van der Waals surface area contributed by atoms with Gasteiger partial charge >= 0.3 is 0 Å². The molecular weight excluding hydrogens is 1400 g/mol. The number of carbonyl (C=O) groups is 6. The lowest BCUT2D eigenvalue weighted by molar-refractivity contribution is 0.0658. The van der Waals surface area contributed by atoms with Gasteiger partial charge in [0.25, 0.3) is 35.4 Å². The normalized spacial score (nSPS) is 20.6. The van der Waals surface area contributed by atoms with Crippen molar-refractivity contribution in [2.24, 2.45) is 0 Å². The van der Waals surface area contributed by atoms with Gasteiger partial charge in [-0.15, -0.1) is 11.6 Å². The number of methoxy groups -OCH3 is 1. The molecule has 6 aromatic rings. The van der Waals surface area contributed by atoms with Crippen LogP contribution >= 0.6 is 46.4 Å². The van der Waals surface area contributed by atoms with Crippen LogP contribution in [0.1, 0.15) is 192 Å². The SMILES string of the molecule is CCN1C[C@@H]2C[C@@H](N3CCC3)c3c(C(=O)NCc4cccc(Cl)c4F)c(=O)c(O)c(n32)C1=O.CCN1C[C@@H]2C[C@@H](N3CCC3)c3c(C(=O)NCc4cccc(Cl)c4F)c(=O)c(OC)c(n32)C1=O.CCN1C[C@@H]2C[C@@H](NCCCCl)c3c(C(=O)NCc4cccc(Cl)c4F)c(=O)c(O)c(n32)C1=O.